The van der Waals surface area contributed by atoms with Gasteiger partial charge in [-0.1, -0.05) is 35.0 Å². The first-order valence-corrected chi connectivity index (χ1v) is 9.37. The van der Waals surface area contributed by atoms with Gasteiger partial charge in [0.25, 0.3) is 0 Å². The van der Waals surface area contributed by atoms with Gasteiger partial charge in [0.1, 0.15) is 17.5 Å². The SMILES string of the molecule is COC(=O)[C@]1(C)C[C@H](C(=O)N(C)Cc2ccon2)[C@H](c2ccccc2Cl)N1C. The van der Waals surface area contributed by atoms with Gasteiger partial charge >= 0.3 is 5.97 Å². The highest BCUT2D eigenvalue weighted by molar-refractivity contribution is 6.31. The Hall–Kier alpha value is -2.38. The molecular weight excluding hydrogens is 382 g/mol. The van der Waals surface area contributed by atoms with Crippen LogP contribution < -0.4 is 0 Å². The fourth-order valence-electron chi connectivity index (χ4n) is 3.99. The molecule has 1 aromatic carbocycles. The summed E-state index contributed by atoms with van der Waals surface area (Å²) in [7, 11) is 4.90. The summed E-state index contributed by atoms with van der Waals surface area (Å²) in [6.07, 6.45) is 1.80. The average Bonchev–Trinajstić information content (AvgIpc) is 3.28. The molecule has 8 heteroatoms. The summed E-state index contributed by atoms with van der Waals surface area (Å²) < 4.78 is 9.88. The number of carbonyl (C=O) groups is 2. The Morgan fingerprint density at radius 1 is 1.39 bits per heavy atom. The fraction of sp³-hybridized carbons (Fsp3) is 0.450. The van der Waals surface area contributed by atoms with Crippen molar-refractivity contribution in [1.82, 2.24) is 15.0 Å². The third-order valence-corrected chi connectivity index (χ3v) is 5.97. The van der Waals surface area contributed by atoms with E-state index in [1.54, 1.807) is 31.0 Å². The number of hydrogen-bond acceptors (Lipinski definition) is 6. The first-order chi connectivity index (χ1) is 13.3. The molecule has 1 fully saturated rings. The standard InChI is InChI=1S/C20H24ClN3O4/c1-20(19(26)27-4)11-15(18(25)23(2)12-13-9-10-28-22-13)17(24(20)3)14-7-5-6-8-16(14)21/h5-10,15,17H,11-12H2,1-4H3/t15-,17-,20-/m0/s1. The maximum absolute atomic E-state index is 13.4. The van der Waals surface area contributed by atoms with Crippen LogP contribution in [0.4, 0.5) is 0 Å². The molecule has 3 atom stereocenters. The Morgan fingerprint density at radius 2 is 2.11 bits per heavy atom. The number of amides is 1. The van der Waals surface area contributed by atoms with Crippen molar-refractivity contribution >= 4 is 23.5 Å². The van der Waals surface area contributed by atoms with E-state index in [1.165, 1.54) is 13.4 Å². The van der Waals surface area contributed by atoms with E-state index in [1.807, 2.05) is 30.1 Å². The monoisotopic (exact) mass is 405 g/mol. The van der Waals surface area contributed by atoms with Crippen molar-refractivity contribution in [3.05, 3.63) is 52.9 Å². The van der Waals surface area contributed by atoms with E-state index in [0.717, 1.165) is 5.56 Å². The molecule has 7 nitrogen and oxygen atoms in total. The number of benzene rings is 1. The molecule has 0 N–H and O–H groups in total. The number of halogens is 1. The van der Waals surface area contributed by atoms with E-state index in [-0.39, 0.29) is 17.9 Å². The van der Waals surface area contributed by atoms with Crippen LogP contribution in [-0.2, 0) is 20.9 Å². The molecule has 0 aliphatic carbocycles. The van der Waals surface area contributed by atoms with Gasteiger partial charge in [0.15, 0.2) is 0 Å². The zero-order valence-electron chi connectivity index (χ0n) is 16.4. The predicted molar refractivity (Wildman–Crippen MR) is 103 cm³/mol. The molecular formula is C20H24ClN3O4. The van der Waals surface area contributed by atoms with Crippen LogP contribution in [0.2, 0.25) is 5.02 Å². The Balaban J connectivity index is 1.97. The third-order valence-electron chi connectivity index (χ3n) is 5.63. The fourth-order valence-corrected chi connectivity index (χ4v) is 4.24. The highest BCUT2D eigenvalue weighted by atomic mass is 35.5. The number of rotatable bonds is 5. The summed E-state index contributed by atoms with van der Waals surface area (Å²) >= 11 is 6.45. The van der Waals surface area contributed by atoms with Crippen molar-refractivity contribution < 1.29 is 18.8 Å². The molecule has 0 spiro atoms. The van der Waals surface area contributed by atoms with Crippen molar-refractivity contribution in [2.45, 2.75) is 31.5 Å². The smallest absolute Gasteiger partial charge is 0.326 e. The molecule has 1 aliphatic rings. The van der Waals surface area contributed by atoms with Crippen molar-refractivity contribution in [2.75, 3.05) is 21.2 Å². The Bertz CT molecular complexity index is 857. The van der Waals surface area contributed by atoms with E-state index < -0.39 is 11.5 Å². The van der Waals surface area contributed by atoms with Gasteiger partial charge < -0.3 is 14.2 Å². The lowest BCUT2D eigenvalue weighted by Gasteiger charge is -2.33. The van der Waals surface area contributed by atoms with Crippen LogP contribution in [0.5, 0.6) is 0 Å². The van der Waals surface area contributed by atoms with Crippen LogP contribution in [0.15, 0.2) is 41.1 Å². The van der Waals surface area contributed by atoms with Gasteiger partial charge in [-0.25, -0.2) is 0 Å². The molecule has 0 saturated carbocycles. The normalized spacial score (nSPS) is 24.9. The molecule has 3 rings (SSSR count). The molecule has 28 heavy (non-hydrogen) atoms. The second-order valence-electron chi connectivity index (χ2n) is 7.34. The summed E-state index contributed by atoms with van der Waals surface area (Å²) in [6.45, 7) is 2.12. The van der Waals surface area contributed by atoms with Crippen molar-refractivity contribution in [3.8, 4) is 0 Å². The van der Waals surface area contributed by atoms with Crippen LogP contribution in [0, 0.1) is 5.92 Å². The Labute approximate surface area is 169 Å². The van der Waals surface area contributed by atoms with Crippen molar-refractivity contribution in [1.29, 1.82) is 0 Å². The summed E-state index contributed by atoms with van der Waals surface area (Å²) in [4.78, 5) is 29.4. The zero-order valence-corrected chi connectivity index (χ0v) is 17.1. The molecule has 1 saturated heterocycles. The maximum Gasteiger partial charge on any atom is 0.326 e. The first kappa shape index (κ1) is 20.4. The minimum absolute atomic E-state index is 0.0904. The molecule has 2 aromatic rings. The number of esters is 1. The molecule has 2 heterocycles. The Morgan fingerprint density at radius 3 is 2.71 bits per heavy atom. The van der Waals surface area contributed by atoms with Gasteiger partial charge in [-0.2, -0.15) is 0 Å². The van der Waals surface area contributed by atoms with E-state index in [0.29, 0.717) is 23.7 Å². The maximum atomic E-state index is 13.4. The minimum Gasteiger partial charge on any atom is -0.468 e. The Kier molecular flexibility index (Phi) is 5.76. The van der Waals surface area contributed by atoms with Crippen LogP contribution in [0.3, 0.4) is 0 Å². The second-order valence-corrected chi connectivity index (χ2v) is 7.75. The summed E-state index contributed by atoms with van der Waals surface area (Å²) in [5, 5.41) is 4.43. The number of likely N-dealkylation sites (N-methyl/N-ethyl adjacent to an activating group) is 1. The highest BCUT2D eigenvalue weighted by Gasteiger charge is 2.55. The van der Waals surface area contributed by atoms with Crippen molar-refractivity contribution in [3.63, 3.8) is 0 Å². The van der Waals surface area contributed by atoms with Gasteiger partial charge in [-0.15, -0.1) is 0 Å². The molecule has 150 valence electrons. The molecule has 0 radical (unpaired) electrons. The number of ether oxygens (including phenoxy) is 1. The van der Waals surface area contributed by atoms with Gasteiger partial charge in [-0.3, -0.25) is 14.5 Å². The number of likely N-dealkylation sites (tertiary alicyclic amines) is 1. The number of hydrogen-bond donors (Lipinski definition) is 0. The van der Waals surface area contributed by atoms with Crippen LogP contribution in [0.25, 0.3) is 0 Å². The van der Waals surface area contributed by atoms with E-state index in [9.17, 15) is 9.59 Å². The van der Waals surface area contributed by atoms with Gasteiger partial charge in [0, 0.05) is 24.2 Å². The number of methoxy groups -OCH3 is 1. The summed E-state index contributed by atoms with van der Waals surface area (Å²) in [5.41, 5.74) is 0.535. The zero-order chi connectivity index (χ0) is 20.5. The van der Waals surface area contributed by atoms with Crippen LogP contribution >= 0.6 is 11.6 Å². The first-order valence-electron chi connectivity index (χ1n) is 8.99. The van der Waals surface area contributed by atoms with Gasteiger partial charge in [0.05, 0.1) is 19.6 Å². The van der Waals surface area contributed by atoms with Gasteiger partial charge in [0.2, 0.25) is 5.91 Å². The number of carbonyl (C=O) groups excluding carboxylic acids is 2. The molecule has 1 amide bonds. The summed E-state index contributed by atoms with van der Waals surface area (Å²) in [5.74, 6) is -0.931. The predicted octanol–water partition coefficient (Wildman–Crippen LogP) is 2.91. The molecule has 0 bridgehead atoms. The summed E-state index contributed by atoms with van der Waals surface area (Å²) in [6, 6.07) is 8.76. The van der Waals surface area contributed by atoms with Gasteiger partial charge in [-0.05, 0) is 32.0 Å². The molecule has 1 aliphatic heterocycles. The lowest BCUT2D eigenvalue weighted by Crippen LogP contribution is -2.47. The molecule has 1 aromatic heterocycles. The second kappa shape index (κ2) is 7.93. The third kappa shape index (κ3) is 3.52. The molecule has 0 unspecified atom stereocenters. The van der Waals surface area contributed by atoms with Crippen molar-refractivity contribution in [2.24, 2.45) is 5.92 Å². The topological polar surface area (TPSA) is 75.9 Å². The average molecular weight is 406 g/mol. The quantitative estimate of drug-likeness (QED) is 0.712. The van der Waals surface area contributed by atoms with E-state index >= 15 is 0 Å². The lowest BCUT2D eigenvalue weighted by molar-refractivity contribution is -0.152. The highest BCUT2D eigenvalue weighted by Crippen LogP contribution is 2.48. The van der Waals surface area contributed by atoms with E-state index in [2.05, 4.69) is 5.16 Å². The largest absolute Gasteiger partial charge is 0.468 e. The lowest BCUT2D eigenvalue weighted by atomic mass is 9.89. The number of aromatic nitrogens is 1. The van der Waals surface area contributed by atoms with Crippen LogP contribution in [0.1, 0.15) is 30.6 Å². The minimum atomic E-state index is -0.937. The van der Waals surface area contributed by atoms with Crippen LogP contribution in [-0.4, -0.2) is 53.6 Å². The van der Waals surface area contributed by atoms with E-state index in [4.69, 9.17) is 20.9 Å². The number of nitrogens with zero attached hydrogens (tertiary/aromatic N) is 3.